The van der Waals surface area contributed by atoms with Gasteiger partial charge in [0.1, 0.15) is 11.6 Å². The van der Waals surface area contributed by atoms with Crippen LogP contribution in [0.1, 0.15) is 44.1 Å². The number of pyridine rings is 1. The van der Waals surface area contributed by atoms with Crippen molar-refractivity contribution in [3.05, 3.63) is 48.0 Å². The predicted octanol–water partition coefficient (Wildman–Crippen LogP) is 3.02. The standard InChI is InChI=1S/C22H34N6O/c1-4-27(5-2)21-11-10-18(15-24-21)16-25-22(23-3)26-17-19(20-9-8-14-29-20)28-12-6-7-13-28/h8-11,14-15,19H,4-7,12-13,16-17H2,1-3H3,(H2,23,25,26). The van der Waals surface area contributed by atoms with Crippen molar-refractivity contribution >= 4 is 11.8 Å². The van der Waals surface area contributed by atoms with Crippen molar-refractivity contribution in [2.24, 2.45) is 4.99 Å². The highest BCUT2D eigenvalue weighted by Gasteiger charge is 2.25. The van der Waals surface area contributed by atoms with Crippen LogP contribution >= 0.6 is 0 Å². The number of nitrogens with zero attached hydrogens (tertiary/aromatic N) is 4. The van der Waals surface area contributed by atoms with E-state index in [2.05, 4.69) is 62.5 Å². The summed E-state index contributed by atoms with van der Waals surface area (Å²) in [5.74, 6) is 2.81. The molecular weight excluding hydrogens is 364 g/mol. The quantitative estimate of drug-likeness (QED) is 0.500. The van der Waals surface area contributed by atoms with Crippen LogP contribution in [0, 0.1) is 0 Å². The molecule has 2 N–H and O–H groups in total. The van der Waals surface area contributed by atoms with E-state index in [1.54, 1.807) is 13.3 Å². The van der Waals surface area contributed by atoms with Crippen LogP contribution in [0.5, 0.6) is 0 Å². The smallest absolute Gasteiger partial charge is 0.191 e. The van der Waals surface area contributed by atoms with Gasteiger partial charge in [-0.1, -0.05) is 6.07 Å². The first kappa shape index (κ1) is 21.2. The van der Waals surface area contributed by atoms with Crippen LogP contribution in [0.25, 0.3) is 0 Å². The van der Waals surface area contributed by atoms with Crippen molar-refractivity contribution in [1.29, 1.82) is 0 Å². The third-order valence-electron chi connectivity index (χ3n) is 5.50. The Balaban J connectivity index is 1.53. The first-order valence-corrected chi connectivity index (χ1v) is 10.7. The number of nitrogens with one attached hydrogen (secondary N) is 2. The molecule has 3 heterocycles. The maximum absolute atomic E-state index is 5.70. The summed E-state index contributed by atoms with van der Waals surface area (Å²) in [6, 6.07) is 8.45. The lowest BCUT2D eigenvalue weighted by Crippen LogP contribution is -2.42. The fourth-order valence-corrected chi connectivity index (χ4v) is 3.80. The van der Waals surface area contributed by atoms with E-state index in [0.717, 1.165) is 55.8 Å². The Morgan fingerprint density at radius 2 is 2.00 bits per heavy atom. The first-order valence-electron chi connectivity index (χ1n) is 10.7. The third-order valence-corrected chi connectivity index (χ3v) is 5.50. The van der Waals surface area contributed by atoms with E-state index in [0.29, 0.717) is 6.54 Å². The lowest BCUT2D eigenvalue weighted by atomic mass is 10.2. The van der Waals surface area contributed by atoms with Crippen LogP contribution in [0.2, 0.25) is 0 Å². The van der Waals surface area contributed by atoms with Gasteiger partial charge in [-0.15, -0.1) is 0 Å². The molecule has 1 atom stereocenters. The molecule has 0 spiro atoms. The molecule has 2 aromatic heterocycles. The third kappa shape index (κ3) is 5.73. The highest BCUT2D eigenvalue weighted by molar-refractivity contribution is 5.79. The van der Waals surface area contributed by atoms with E-state index in [4.69, 9.17) is 4.42 Å². The van der Waals surface area contributed by atoms with Gasteiger partial charge in [0.25, 0.3) is 0 Å². The van der Waals surface area contributed by atoms with E-state index in [-0.39, 0.29) is 6.04 Å². The Hall–Kier alpha value is -2.54. The number of rotatable bonds is 9. The van der Waals surface area contributed by atoms with Crippen LogP contribution in [0.3, 0.4) is 0 Å². The predicted molar refractivity (Wildman–Crippen MR) is 118 cm³/mol. The molecule has 3 rings (SSSR count). The largest absolute Gasteiger partial charge is 0.468 e. The van der Waals surface area contributed by atoms with Crippen LogP contribution in [-0.4, -0.2) is 55.6 Å². The molecule has 0 radical (unpaired) electrons. The normalized spacial score (nSPS) is 16.0. The molecule has 1 fully saturated rings. The lowest BCUT2D eigenvalue weighted by molar-refractivity contribution is 0.215. The number of guanidine groups is 1. The molecule has 0 aliphatic carbocycles. The van der Waals surface area contributed by atoms with E-state index >= 15 is 0 Å². The molecule has 0 amide bonds. The van der Waals surface area contributed by atoms with E-state index < -0.39 is 0 Å². The molecule has 0 aromatic carbocycles. The van der Waals surface area contributed by atoms with Gasteiger partial charge in [0.05, 0.1) is 12.3 Å². The number of likely N-dealkylation sites (tertiary alicyclic amines) is 1. The van der Waals surface area contributed by atoms with Gasteiger partial charge in [-0.3, -0.25) is 9.89 Å². The number of anilines is 1. The fraction of sp³-hybridized carbons (Fsp3) is 0.545. The Labute approximate surface area is 174 Å². The summed E-state index contributed by atoms with van der Waals surface area (Å²) < 4.78 is 5.70. The maximum atomic E-state index is 5.70. The molecule has 0 bridgehead atoms. The van der Waals surface area contributed by atoms with Crippen molar-refractivity contribution in [1.82, 2.24) is 20.5 Å². The second-order valence-electron chi connectivity index (χ2n) is 7.28. The van der Waals surface area contributed by atoms with Gasteiger partial charge in [-0.25, -0.2) is 4.98 Å². The van der Waals surface area contributed by atoms with Gasteiger partial charge in [-0.2, -0.15) is 0 Å². The summed E-state index contributed by atoms with van der Waals surface area (Å²) in [6.07, 6.45) is 6.19. The average Bonchev–Trinajstić information content (AvgIpc) is 3.47. The molecule has 2 aromatic rings. The highest BCUT2D eigenvalue weighted by Crippen LogP contribution is 2.24. The summed E-state index contributed by atoms with van der Waals surface area (Å²) in [6.45, 7) is 9.89. The lowest BCUT2D eigenvalue weighted by Gasteiger charge is -2.26. The molecule has 1 aliphatic rings. The molecule has 1 unspecified atom stereocenters. The molecule has 0 saturated carbocycles. The summed E-state index contributed by atoms with van der Waals surface area (Å²) in [5, 5.41) is 6.85. The Bertz CT molecular complexity index is 733. The maximum Gasteiger partial charge on any atom is 0.191 e. The fourth-order valence-electron chi connectivity index (χ4n) is 3.80. The van der Waals surface area contributed by atoms with Gasteiger partial charge in [-0.05, 0) is 63.5 Å². The van der Waals surface area contributed by atoms with Crippen molar-refractivity contribution in [3.63, 3.8) is 0 Å². The Kier molecular flexibility index (Phi) is 7.93. The Morgan fingerprint density at radius 1 is 1.21 bits per heavy atom. The molecule has 29 heavy (non-hydrogen) atoms. The van der Waals surface area contributed by atoms with E-state index in [9.17, 15) is 0 Å². The van der Waals surface area contributed by atoms with Gasteiger partial charge in [0.15, 0.2) is 5.96 Å². The van der Waals surface area contributed by atoms with Crippen molar-refractivity contribution in [3.8, 4) is 0 Å². The first-order chi connectivity index (χ1) is 14.2. The van der Waals surface area contributed by atoms with Gasteiger partial charge < -0.3 is 20.0 Å². The van der Waals surface area contributed by atoms with Crippen LogP contribution in [-0.2, 0) is 6.54 Å². The highest BCUT2D eigenvalue weighted by atomic mass is 16.3. The van der Waals surface area contributed by atoms with Crippen LogP contribution in [0.15, 0.2) is 46.1 Å². The van der Waals surface area contributed by atoms with Crippen molar-refractivity contribution in [2.45, 2.75) is 39.3 Å². The molecule has 158 valence electrons. The number of hydrogen-bond acceptors (Lipinski definition) is 5. The van der Waals surface area contributed by atoms with Gasteiger partial charge in [0.2, 0.25) is 0 Å². The second kappa shape index (κ2) is 10.9. The zero-order chi connectivity index (χ0) is 20.5. The van der Waals surface area contributed by atoms with Crippen molar-refractivity contribution < 1.29 is 4.42 Å². The van der Waals surface area contributed by atoms with Crippen molar-refractivity contribution in [2.75, 3.05) is 44.7 Å². The second-order valence-corrected chi connectivity index (χ2v) is 7.28. The molecule has 1 aliphatic heterocycles. The Morgan fingerprint density at radius 3 is 2.59 bits per heavy atom. The van der Waals surface area contributed by atoms with E-state index in [1.807, 2.05) is 12.3 Å². The summed E-state index contributed by atoms with van der Waals surface area (Å²) in [5.41, 5.74) is 1.13. The number of hydrogen-bond donors (Lipinski definition) is 2. The van der Waals surface area contributed by atoms with E-state index in [1.165, 1.54) is 12.8 Å². The minimum Gasteiger partial charge on any atom is -0.468 e. The van der Waals surface area contributed by atoms with Crippen LogP contribution < -0.4 is 15.5 Å². The molecular formula is C22H34N6O. The van der Waals surface area contributed by atoms with Crippen LogP contribution in [0.4, 0.5) is 5.82 Å². The number of aliphatic imine (C=N–C) groups is 1. The number of furan rings is 1. The minimum absolute atomic E-state index is 0.223. The zero-order valence-corrected chi connectivity index (χ0v) is 17.9. The molecule has 7 heteroatoms. The monoisotopic (exact) mass is 398 g/mol. The SMILES string of the molecule is CCN(CC)c1ccc(CNC(=NC)NCC(c2ccco2)N2CCCC2)cn1. The molecule has 7 nitrogen and oxygen atoms in total. The zero-order valence-electron chi connectivity index (χ0n) is 17.9. The van der Waals surface area contributed by atoms with Gasteiger partial charge >= 0.3 is 0 Å². The topological polar surface area (TPSA) is 68.9 Å². The average molecular weight is 399 g/mol. The van der Waals surface area contributed by atoms with Gasteiger partial charge in [0, 0.05) is 39.4 Å². The minimum atomic E-state index is 0.223. The summed E-state index contributed by atoms with van der Waals surface area (Å²) in [4.78, 5) is 13.7. The summed E-state index contributed by atoms with van der Waals surface area (Å²) >= 11 is 0. The number of aromatic nitrogens is 1. The summed E-state index contributed by atoms with van der Waals surface area (Å²) in [7, 11) is 1.80. The molecule has 1 saturated heterocycles.